The fourth-order valence-corrected chi connectivity index (χ4v) is 2.54. The first-order valence-corrected chi connectivity index (χ1v) is 6.36. The Balaban J connectivity index is 2.91. The van der Waals surface area contributed by atoms with E-state index in [1.165, 1.54) is 10.4 Å². The number of ether oxygens (including phenoxy) is 1. The maximum Gasteiger partial charge on any atom is 0.0843 e. The van der Waals surface area contributed by atoms with Gasteiger partial charge in [-0.25, -0.2) is 0 Å². The van der Waals surface area contributed by atoms with Crippen molar-refractivity contribution in [3.8, 4) is 0 Å². The van der Waals surface area contributed by atoms with Gasteiger partial charge in [-0.2, -0.15) is 0 Å². The van der Waals surface area contributed by atoms with Crippen molar-refractivity contribution in [3.05, 3.63) is 21.9 Å². The molecule has 0 saturated carbocycles. The second-order valence-electron chi connectivity index (χ2n) is 4.01. The standard InChI is InChI=1S/C12H21NOS/c1-5-12(4,14-6-2)11(13)10-7-8-15-9(10)3/h7-8,11H,5-6,13H2,1-4H3. The predicted molar refractivity (Wildman–Crippen MR) is 66.3 cm³/mol. The summed E-state index contributed by atoms with van der Waals surface area (Å²) >= 11 is 1.74. The highest BCUT2D eigenvalue weighted by atomic mass is 32.1. The molecule has 1 aromatic heterocycles. The first-order chi connectivity index (χ1) is 7.05. The maximum atomic E-state index is 6.30. The summed E-state index contributed by atoms with van der Waals surface area (Å²) in [6.45, 7) is 9.06. The predicted octanol–water partition coefficient (Wildman–Crippen LogP) is 3.26. The van der Waals surface area contributed by atoms with Gasteiger partial charge in [-0.3, -0.25) is 0 Å². The summed E-state index contributed by atoms with van der Waals surface area (Å²) in [5, 5.41) is 2.09. The second-order valence-corrected chi connectivity index (χ2v) is 5.13. The minimum Gasteiger partial charge on any atom is -0.374 e. The van der Waals surface area contributed by atoms with Crippen molar-refractivity contribution in [2.75, 3.05) is 6.61 Å². The molecule has 0 aromatic carbocycles. The van der Waals surface area contributed by atoms with Gasteiger partial charge in [-0.1, -0.05) is 6.92 Å². The van der Waals surface area contributed by atoms with Gasteiger partial charge in [0, 0.05) is 11.5 Å². The number of nitrogens with two attached hydrogens (primary N) is 1. The summed E-state index contributed by atoms with van der Waals surface area (Å²) in [6, 6.07) is 2.08. The van der Waals surface area contributed by atoms with E-state index in [0.29, 0.717) is 6.61 Å². The lowest BCUT2D eigenvalue weighted by molar-refractivity contribution is -0.0472. The number of aryl methyl sites for hydroxylation is 1. The van der Waals surface area contributed by atoms with Crippen LogP contribution in [0.25, 0.3) is 0 Å². The van der Waals surface area contributed by atoms with E-state index in [9.17, 15) is 0 Å². The third-order valence-electron chi connectivity index (χ3n) is 3.07. The Morgan fingerprint density at radius 3 is 2.60 bits per heavy atom. The number of rotatable bonds is 5. The molecule has 0 aliphatic rings. The Morgan fingerprint density at radius 2 is 2.20 bits per heavy atom. The lowest BCUT2D eigenvalue weighted by atomic mass is 9.88. The summed E-state index contributed by atoms with van der Waals surface area (Å²) < 4.78 is 5.80. The van der Waals surface area contributed by atoms with Crippen molar-refractivity contribution in [1.29, 1.82) is 0 Å². The van der Waals surface area contributed by atoms with Crippen molar-refractivity contribution in [3.63, 3.8) is 0 Å². The molecule has 0 aliphatic heterocycles. The SMILES string of the molecule is CCOC(C)(CC)C(N)c1ccsc1C. The van der Waals surface area contributed by atoms with Gasteiger partial charge in [0.15, 0.2) is 0 Å². The van der Waals surface area contributed by atoms with Gasteiger partial charge in [-0.15, -0.1) is 11.3 Å². The van der Waals surface area contributed by atoms with Crippen molar-refractivity contribution in [1.82, 2.24) is 0 Å². The summed E-state index contributed by atoms with van der Waals surface area (Å²) in [6.07, 6.45) is 0.928. The molecule has 1 aromatic rings. The van der Waals surface area contributed by atoms with Crippen LogP contribution >= 0.6 is 11.3 Å². The zero-order valence-electron chi connectivity index (χ0n) is 10.0. The van der Waals surface area contributed by atoms with Crippen LogP contribution < -0.4 is 5.73 Å². The average molecular weight is 227 g/mol. The second kappa shape index (κ2) is 5.10. The van der Waals surface area contributed by atoms with Gasteiger partial charge in [0.25, 0.3) is 0 Å². The van der Waals surface area contributed by atoms with Crippen LogP contribution in [0.4, 0.5) is 0 Å². The van der Waals surface area contributed by atoms with Gasteiger partial charge in [0.1, 0.15) is 0 Å². The Hall–Kier alpha value is -0.380. The summed E-state index contributed by atoms with van der Waals surface area (Å²) in [5.41, 5.74) is 7.27. The van der Waals surface area contributed by atoms with Crippen molar-refractivity contribution < 1.29 is 4.74 Å². The van der Waals surface area contributed by atoms with E-state index in [2.05, 4.69) is 32.2 Å². The average Bonchev–Trinajstić information content (AvgIpc) is 2.63. The minimum absolute atomic E-state index is 0.0336. The fraction of sp³-hybridized carbons (Fsp3) is 0.667. The van der Waals surface area contributed by atoms with Gasteiger partial charge in [0.2, 0.25) is 0 Å². The molecule has 15 heavy (non-hydrogen) atoms. The third-order valence-corrected chi connectivity index (χ3v) is 3.93. The molecule has 2 nitrogen and oxygen atoms in total. The van der Waals surface area contributed by atoms with E-state index in [1.54, 1.807) is 11.3 Å². The molecule has 0 fully saturated rings. The van der Waals surface area contributed by atoms with Crippen LogP contribution in [0.2, 0.25) is 0 Å². The van der Waals surface area contributed by atoms with E-state index in [1.807, 2.05) is 6.92 Å². The van der Waals surface area contributed by atoms with E-state index in [-0.39, 0.29) is 11.6 Å². The third kappa shape index (κ3) is 2.60. The van der Waals surface area contributed by atoms with Gasteiger partial charge >= 0.3 is 0 Å². The highest BCUT2D eigenvalue weighted by Gasteiger charge is 2.32. The number of hydrogen-bond acceptors (Lipinski definition) is 3. The topological polar surface area (TPSA) is 35.2 Å². The monoisotopic (exact) mass is 227 g/mol. The Kier molecular flexibility index (Phi) is 4.32. The van der Waals surface area contributed by atoms with Crippen LogP contribution in [0, 0.1) is 6.92 Å². The van der Waals surface area contributed by atoms with E-state index in [4.69, 9.17) is 10.5 Å². The fourth-order valence-electron chi connectivity index (χ4n) is 1.79. The van der Waals surface area contributed by atoms with E-state index >= 15 is 0 Å². The van der Waals surface area contributed by atoms with Gasteiger partial charge < -0.3 is 10.5 Å². The summed E-state index contributed by atoms with van der Waals surface area (Å²) in [4.78, 5) is 1.29. The smallest absolute Gasteiger partial charge is 0.0843 e. The maximum absolute atomic E-state index is 6.30. The highest BCUT2D eigenvalue weighted by Crippen LogP contribution is 2.33. The number of thiophene rings is 1. The quantitative estimate of drug-likeness (QED) is 0.838. The molecular formula is C12H21NOS. The molecule has 0 radical (unpaired) electrons. The molecule has 2 N–H and O–H groups in total. The van der Waals surface area contributed by atoms with Crippen LogP contribution in [-0.2, 0) is 4.74 Å². The summed E-state index contributed by atoms with van der Waals surface area (Å²) in [7, 11) is 0. The molecule has 2 unspecified atom stereocenters. The van der Waals surface area contributed by atoms with Gasteiger partial charge in [-0.05, 0) is 44.2 Å². The molecule has 0 saturated heterocycles. The first kappa shape index (κ1) is 12.7. The molecule has 1 heterocycles. The summed E-state index contributed by atoms with van der Waals surface area (Å²) in [5.74, 6) is 0. The van der Waals surface area contributed by atoms with Crippen LogP contribution in [0.5, 0.6) is 0 Å². The molecule has 0 bridgehead atoms. The minimum atomic E-state index is -0.249. The molecule has 1 rings (SSSR count). The van der Waals surface area contributed by atoms with Crippen LogP contribution in [0.3, 0.4) is 0 Å². The highest BCUT2D eigenvalue weighted by molar-refractivity contribution is 7.10. The normalized spacial score (nSPS) is 17.4. The molecular weight excluding hydrogens is 206 g/mol. The molecule has 3 heteroatoms. The molecule has 0 spiro atoms. The van der Waals surface area contributed by atoms with Crippen molar-refractivity contribution in [2.45, 2.75) is 45.8 Å². The first-order valence-electron chi connectivity index (χ1n) is 5.48. The van der Waals surface area contributed by atoms with Crippen LogP contribution in [-0.4, -0.2) is 12.2 Å². The molecule has 2 atom stereocenters. The Bertz CT molecular complexity index is 310. The zero-order chi connectivity index (χ0) is 11.5. The van der Waals surface area contributed by atoms with Crippen molar-refractivity contribution in [2.24, 2.45) is 5.73 Å². The van der Waals surface area contributed by atoms with Crippen molar-refractivity contribution >= 4 is 11.3 Å². The zero-order valence-corrected chi connectivity index (χ0v) is 10.9. The Labute approximate surface area is 96.4 Å². The van der Waals surface area contributed by atoms with Crippen LogP contribution in [0.1, 0.15) is 43.7 Å². The largest absolute Gasteiger partial charge is 0.374 e. The molecule has 0 aliphatic carbocycles. The van der Waals surface area contributed by atoms with Crippen LogP contribution in [0.15, 0.2) is 11.4 Å². The van der Waals surface area contributed by atoms with E-state index in [0.717, 1.165) is 6.42 Å². The molecule has 86 valence electrons. The Morgan fingerprint density at radius 1 is 1.53 bits per heavy atom. The number of hydrogen-bond donors (Lipinski definition) is 1. The lowest BCUT2D eigenvalue weighted by Crippen LogP contribution is -2.40. The molecule has 0 amide bonds. The van der Waals surface area contributed by atoms with E-state index < -0.39 is 0 Å². The lowest BCUT2D eigenvalue weighted by Gasteiger charge is -2.34. The van der Waals surface area contributed by atoms with Gasteiger partial charge in [0.05, 0.1) is 11.6 Å².